The van der Waals surface area contributed by atoms with Crippen LogP contribution >= 0.6 is 0 Å². The number of nitrogens with one attached hydrogen (secondary N) is 1. The van der Waals surface area contributed by atoms with Crippen LogP contribution in [0.15, 0.2) is 82.1 Å². The fourth-order valence-corrected chi connectivity index (χ4v) is 5.05. The summed E-state index contributed by atoms with van der Waals surface area (Å²) >= 11 is 0. The van der Waals surface area contributed by atoms with E-state index in [-0.39, 0.29) is 16.8 Å². The van der Waals surface area contributed by atoms with Crippen LogP contribution in [0.2, 0.25) is 0 Å². The van der Waals surface area contributed by atoms with Gasteiger partial charge in [-0.1, -0.05) is 53.6 Å². The van der Waals surface area contributed by atoms with E-state index < -0.39 is 21.0 Å². The molecule has 0 radical (unpaired) electrons. The minimum atomic E-state index is -3.34. The number of amides is 1. The zero-order valence-corrected chi connectivity index (χ0v) is 20.0. The number of para-hydroxylation sites is 2. The van der Waals surface area contributed by atoms with E-state index in [1.54, 1.807) is 38.1 Å². The maximum Gasteiger partial charge on any atom is 0.322 e. The molecule has 0 bridgehead atoms. The van der Waals surface area contributed by atoms with Crippen LogP contribution in [-0.2, 0) is 21.1 Å². The normalized spacial score (nSPS) is 13.1. The summed E-state index contributed by atoms with van der Waals surface area (Å²) in [6.45, 7) is 3.30. The maximum atomic E-state index is 13.3. The monoisotopic (exact) mass is 489 g/mol. The number of benzene rings is 3. The van der Waals surface area contributed by atoms with Gasteiger partial charge in [-0.2, -0.15) is 0 Å². The molecule has 1 amide bonds. The molecule has 3 aromatic carbocycles. The third kappa shape index (κ3) is 4.42. The van der Waals surface area contributed by atoms with Crippen molar-refractivity contribution >= 4 is 21.8 Å². The van der Waals surface area contributed by atoms with Gasteiger partial charge in [0.1, 0.15) is 11.5 Å². The lowest BCUT2D eigenvalue weighted by molar-refractivity contribution is -0.117. The third-order valence-corrected chi connectivity index (χ3v) is 8.04. The molecular weight excluding hydrogens is 466 g/mol. The number of carbonyl (C=O) groups is 1. The van der Waals surface area contributed by atoms with E-state index in [4.69, 9.17) is 9.15 Å². The van der Waals surface area contributed by atoms with Gasteiger partial charge in [0.25, 0.3) is 0 Å². The summed E-state index contributed by atoms with van der Waals surface area (Å²) in [6, 6.07) is 21.4. The van der Waals surface area contributed by atoms with Gasteiger partial charge in [0.05, 0.1) is 22.5 Å². The summed E-state index contributed by atoms with van der Waals surface area (Å²) in [5, 5.41) is 10.2. The first-order chi connectivity index (χ1) is 16.8. The number of nitrogens with zero attached hydrogens (tertiary/aromatic N) is 2. The Balaban J connectivity index is 1.33. The molecule has 1 aliphatic rings. The van der Waals surface area contributed by atoms with Gasteiger partial charge in [-0.05, 0) is 43.7 Å². The molecule has 5 rings (SSSR count). The number of hydrogen-bond donors (Lipinski definition) is 1. The lowest BCUT2D eigenvalue weighted by Crippen LogP contribution is -2.25. The summed E-state index contributed by atoms with van der Waals surface area (Å²) in [5.74, 6) is 0.641. The molecule has 0 atom stereocenters. The van der Waals surface area contributed by atoms with E-state index in [9.17, 15) is 13.2 Å². The van der Waals surface area contributed by atoms with Crippen molar-refractivity contribution in [2.24, 2.45) is 0 Å². The Morgan fingerprint density at radius 2 is 1.51 bits per heavy atom. The molecule has 0 unspecified atom stereocenters. The summed E-state index contributed by atoms with van der Waals surface area (Å²) in [5.41, 5.74) is 2.31. The van der Waals surface area contributed by atoms with E-state index in [1.807, 2.05) is 48.5 Å². The molecule has 0 fully saturated rings. The molecular formula is C26H23N3O5S. The molecule has 0 saturated heterocycles. The molecule has 0 aliphatic carbocycles. The van der Waals surface area contributed by atoms with Gasteiger partial charge in [-0.15, -0.1) is 5.10 Å². The Bertz CT molecular complexity index is 1450. The molecule has 0 saturated carbocycles. The molecule has 0 spiro atoms. The van der Waals surface area contributed by atoms with Crippen LogP contribution in [0.1, 0.15) is 42.3 Å². The second-order valence-electron chi connectivity index (χ2n) is 8.52. The van der Waals surface area contributed by atoms with E-state index in [1.165, 1.54) is 0 Å². The smallest absolute Gasteiger partial charge is 0.322 e. The van der Waals surface area contributed by atoms with Crippen molar-refractivity contribution in [3.8, 4) is 11.5 Å². The van der Waals surface area contributed by atoms with Gasteiger partial charge in [0.15, 0.2) is 9.84 Å². The molecule has 1 aromatic heterocycles. The fourth-order valence-electron chi connectivity index (χ4n) is 3.99. The summed E-state index contributed by atoms with van der Waals surface area (Å²) in [7, 11) is -3.34. The van der Waals surface area contributed by atoms with Crippen LogP contribution in [0.3, 0.4) is 0 Å². The number of ether oxygens (including phenoxy) is 1. The fraction of sp³-hybridized carbons (Fsp3) is 0.192. The molecule has 8 nitrogen and oxygen atoms in total. The largest absolute Gasteiger partial charge is 0.457 e. The highest BCUT2D eigenvalue weighted by molar-refractivity contribution is 7.92. The number of hydrogen-bond acceptors (Lipinski definition) is 7. The van der Waals surface area contributed by atoms with Gasteiger partial charge in [-0.25, -0.2) is 8.42 Å². The van der Waals surface area contributed by atoms with Gasteiger partial charge in [0.2, 0.25) is 11.8 Å². The van der Waals surface area contributed by atoms with Crippen molar-refractivity contribution in [1.82, 2.24) is 10.2 Å². The van der Waals surface area contributed by atoms with Crippen molar-refractivity contribution in [2.45, 2.75) is 36.3 Å². The van der Waals surface area contributed by atoms with E-state index >= 15 is 0 Å². The van der Waals surface area contributed by atoms with Crippen LogP contribution in [0.5, 0.6) is 11.5 Å². The first kappa shape index (κ1) is 22.8. The van der Waals surface area contributed by atoms with Crippen LogP contribution in [0.4, 0.5) is 6.01 Å². The lowest BCUT2D eigenvalue weighted by atomic mass is 9.87. The third-order valence-electron chi connectivity index (χ3n) is 5.87. The zero-order chi connectivity index (χ0) is 24.6. The van der Waals surface area contributed by atoms with Crippen molar-refractivity contribution in [2.75, 3.05) is 5.32 Å². The van der Waals surface area contributed by atoms with Crippen LogP contribution in [-0.4, -0.2) is 29.8 Å². The molecule has 9 heteroatoms. The highest BCUT2D eigenvalue weighted by atomic mass is 32.2. The molecule has 35 heavy (non-hydrogen) atoms. The second kappa shape index (κ2) is 8.99. The summed E-state index contributed by atoms with van der Waals surface area (Å²) < 4.78 is 36.2. The summed E-state index contributed by atoms with van der Waals surface area (Å²) in [6.07, 6.45) is 0.299. The van der Waals surface area contributed by atoms with Crippen LogP contribution in [0, 0.1) is 0 Å². The standard InChI is InChI=1S/C26H23N3O5S/c1-16(2)35(31,32)18-13-11-17(12-14-18)15-23-28-29-26(34-23)27-25(30)24-19-7-3-5-9-21(19)33-22-10-6-4-8-20(22)24/h3-14,16,24H,15H2,1-2H3,(H,27,29,30). The van der Waals surface area contributed by atoms with Gasteiger partial charge in [-0.3, -0.25) is 10.1 Å². The van der Waals surface area contributed by atoms with Gasteiger partial charge >= 0.3 is 6.01 Å². The Labute approximate surface area is 202 Å². The number of aromatic nitrogens is 2. The number of carbonyl (C=O) groups excluding carboxylic acids is 1. The van der Waals surface area contributed by atoms with E-state index in [2.05, 4.69) is 15.5 Å². The van der Waals surface area contributed by atoms with E-state index in [0.717, 1.165) is 16.7 Å². The Hall–Kier alpha value is -3.98. The minimum absolute atomic E-state index is 0.00883. The Morgan fingerprint density at radius 1 is 0.914 bits per heavy atom. The second-order valence-corrected chi connectivity index (χ2v) is 11.0. The molecule has 1 N–H and O–H groups in total. The van der Waals surface area contributed by atoms with E-state index in [0.29, 0.717) is 23.8 Å². The predicted octanol–water partition coefficient (Wildman–Crippen LogP) is 4.72. The van der Waals surface area contributed by atoms with Crippen LogP contribution in [0.25, 0.3) is 0 Å². The van der Waals surface area contributed by atoms with Gasteiger partial charge in [0, 0.05) is 11.1 Å². The highest BCUT2D eigenvalue weighted by Crippen LogP contribution is 2.44. The minimum Gasteiger partial charge on any atom is -0.457 e. The topological polar surface area (TPSA) is 111 Å². The van der Waals surface area contributed by atoms with Crippen LogP contribution < -0.4 is 10.1 Å². The maximum absolute atomic E-state index is 13.3. The van der Waals surface area contributed by atoms with Crippen molar-refractivity contribution < 1.29 is 22.4 Å². The predicted molar refractivity (Wildman–Crippen MR) is 129 cm³/mol. The number of rotatable bonds is 6. The number of fused-ring (bicyclic) bond motifs is 2. The highest BCUT2D eigenvalue weighted by Gasteiger charge is 2.33. The van der Waals surface area contributed by atoms with Crippen molar-refractivity contribution in [3.63, 3.8) is 0 Å². The average Bonchev–Trinajstić information content (AvgIpc) is 3.29. The van der Waals surface area contributed by atoms with Crippen molar-refractivity contribution in [3.05, 3.63) is 95.4 Å². The molecule has 1 aliphatic heterocycles. The molecule has 178 valence electrons. The Morgan fingerprint density at radius 3 is 2.11 bits per heavy atom. The molecule has 2 heterocycles. The summed E-state index contributed by atoms with van der Waals surface area (Å²) in [4.78, 5) is 13.6. The number of sulfone groups is 1. The lowest BCUT2D eigenvalue weighted by Gasteiger charge is -2.26. The van der Waals surface area contributed by atoms with Crippen molar-refractivity contribution in [1.29, 1.82) is 0 Å². The van der Waals surface area contributed by atoms with Gasteiger partial charge < -0.3 is 9.15 Å². The first-order valence-electron chi connectivity index (χ1n) is 11.1. The molecule has 4 aromatic rings. The average molecular weight is 490 g/mol. The quantitative estimate of drug-likeness (QED) is 0.417. The Kier molecular flexibility index (Phi) is 5.86. The zero-order valence-electron chi connectivity index (χ0n) is 19.1. The first-order valence-corrected chi connectivity index (χ1v) is 12.7. The number of anilines is 1. The SMILES string of the molecule is CC(C)S(=O)(=O)c1ccc(Cc2nnc(NC(=O)C3c4ccccc4Oc4ccccc43)o2)cc1.